The summed E-state index contributed by atoms with van der Waals surface area (Å²) < 4.78 is 4.68. The van der Waals surface area contributed by atoms with Crippen LogP contribution in [-0.4, -0.2) is 31.6 Å². The van der Waals surface area contributed by atoms with E-state index in [1.54, 1.807) is 17.0 Å². The number of rotatable bonds is 4. The van der Waals surface area contributed by atoms with Gasteiger partial charge in [0.15, 0.2) is 0 Å². The van der Waals surface area contributed by atoms with Crippen molar-refractivity contribution in [1.82, 2.24) is 0 Å². The highest BCUT2D eigenvalue weighted by Crippen LogP contribution is 2.23. The van der Waals surface area contributed by atoms with Gasteiger partial charge in [-0.05, 0) is 36.4 Å². The highest BCUT2D eigenvalue weighted by Gasteiger charge is 2.30. The summed E-state index contributed by atoms with van der Waals surface area (Å²) in [5.74, 6) is -0.247. The first-order valence-corrected chi connectivity index (χ1v) is 7.47. The Morgan fingerprint density at radius 3 is 2.48 bits per heavy atom. The molecule has 0 radical (unpaired) electrons. The Kier molecular flexibility index (Phi) is 4.28. The van der Waals surface area contributed by atoms with Gasteiger partial charge in [0.25, 0.3) is 0 Å². The molecule has 1 saturated heterocycles. The summed E-state index contributed by atoms with van der Waals surface area (Å²) in [6.07, 6.45) is 0.452. The van der Waals surface area contributed by atoms with E-state index < -0.39 is 0 Å². The van der Waals surface area contributed by atoms with Crippen molar-refractivity contribution in [2.45, 2.75) is 12.5 Å². The molecular formula is C18H18N2O3. The minimum absolute atomic E-state index is 0.0479. The van der Waals surface area contributed by atoms with Crippen LogP contribution in [0.2, 0.25) is 0 Å². The van der Waals surface area contributed by atoms with Crippen molar-refractivity contribution in [2.24, 2.45) is 0 Å². The highest BCUT2D eigenvalue weighted by atomic mass is 16.5. The number of anilines is 2. The molecule has 1 atom stereocenters. The zero-order valence-corrected chi connectivity index (χ0v) is 12.9. The third kappa shape index (κ3) is 3.34. The predicted octanol–water partition coefficient (Wildman–Crippen LogP) is 2.69. The molecule has 1 N–H and O–H groups in total. The highest BCUT2D eigenvalue weighted by molar-refractivity contribution is 5.96. The summed E-state index contributed by atoms with van der Waals surface area (Å²) in [6, 6.07) is 16.8. The fourth-order valence-electron chi connectivity index (χ4n) is 2.72. The summed E-state index contributed by atoms with van der Waals surface area (Å²) in [7, 11) is 1.36. The molecule has 1 aliphatic rings. The number of benzene rings is 2. The van der Waals surface area contributed by atoms with E-state index >= 15 is 0 Å². The van der Waals surface area contributed by atoms with Gasteiger partial charge in [0.1, 0.15) is 0 Å². The first kappa shape index (κ1) is 15.1. The lowest BCUT2D eigenvalue weighted by Gasteiger charge is -2.17. The fraction of sp³-hybridized carbons (Fsp3) is 0.222. The van der Waals surface area contributed by atoms with Crippen molar-refractivity contribution in [3.8, 4) is 0 Å². The largest absolute Gasteiger partial charge is 0.465 e. The molecule has 118 valence electrons. The molecule has 1 amide bonds. The van der Waals surface area contributed by atoms with Gasteiger partial charge in [-0.15, -0.1) is 0 Å². The first-order chi connectivity index (χ1) is 11.2. The van der Waals surface area contributed by atoms with Crippen LogP contribution < -0.4 is 10.2 Å². The molecule has 23 heavy (non-hydrogen) atoms. The van der Waals surface area contributed by atoms with Gasteiger partial charge in [-0.3, -0.25) is 4.79 Å². The van der Waals surface area contributed by atoms with Crippen LogP contribution in [0.25, 0.3) is 0 Å². The summed E-state index contributed by atoms with van der Waals surface area (Å²) in [5, 5.41) is 3.34. The maximum atomic E-state index is 12.2. The van der Waals surface area contributed by atoms with Gasteiger partial charge >= 0.3 is 5.97 Å². The maximum Gasteiger partial charge on any atom is 0.337 e. The van der Waals surface area contributed by atoms with E-state index in [1.807, 2.05) is 42.5 Å². The number of amides is 1. The van der Waals surface area contributed by atoms with Gasteiger partial charge in [-0.2, -0.15) is 0 Å². The van der Waals surface area contributed by atoms with Gasteiger partial charge in [-0.1, -0.05) is 18.2 Å². The van der Waals surface area contributed by atoms with E-state index in [9.17, 15) is 9.59 Å². The van der Waals surface area contributed by atoms with E-state index in [0.717, 1.165) is 11.4 Å². The molecule has 2 aromatic rings. The van der Waals surface area contributed by atoms with Crippen LogP contribution in [0, 0.1) is 0 Å². The third-order valence-corrected chi connectivity index (χ3v) is 3.87. The molecule has 5 heteroatoms. The van der Waals surface area contributed by atoms with Crippen LogP contribution in [0.4, 0.5) is 11.4 Å². The van der Waals surface area contributed by atoms with Crippen molar-refractivity contribution >= 4 is 23.3 Å². The maximum absolute atomic E-state index is 12.2. The van der Waals surface area contributed by atoms with Crippen LogP contribution >= 0.6 is 0 Å². The number of methoxy groups -OCH3 is 1. The topological polar surface area (TPSA) is 58.6 Å². The lowest BCUT2D eigenvalue weighted by atomic mass is 10.2. The minimum atomic E-state index is -0.358. The zero-order chi connectivity index (χ0) is 16.2. The number of esters is 1. The Morgan fingerprint density at radius 1 is 1.13 bits per heavy atom. The molecule has 1 heterocycles. The van der Waals surface area contributed by atoms with Crippen molar-refractivity contribution in [1.29, 1.82) is 0 Å². The molecule has 1 unspecified atom stereocenters. The van der Waals surface area contributed by atoms with Crippen LogP contribution in [0.15, 0.2) is 54.6 Å². The zero-order valence-electron chi connectivity index (χ0n) is 12.9. The fourth-order valence-corrected chi connectivity index (χ4v) is 2.72. The monoisotopic (exact) mass is 310 g/mol. The number of nitrogens with one attached hydrogen (secondary N) is 1. The van der Waals surface area contributed by atoms with Gasteiger partial charge in [0.2, 0.25) is 5.91 Å². The molecule has 0 aromatic heterocycles. The normalized spacial score (nSPS) is 17.2. The minimum Gasteiger partial charge on any atom is -0.465 e. The molecule has 2 aromatic carbocycles. The number of carbonyl (C=O) groups is 2. The van der Waals surface area contributed by atoms with Crippen molar-refractivity contribution in [2.75, 3.05) is 23.9 Å². The van der Waals surface area contributed by atoms with Crippen LogP contribution in [-0.2, 0) is 9.53 Å². The van der Waals surface area contributed by atoms with Crippen LogP contribution in [0.1, 0.15) is 16.8 Å². The SMILES string of the molecule is COC(=O)c1ccc(NC2CC(=O)N(c3ccccc3)C2)cc1. The molecule has 5 nitrogen and oxygen atoms in total. The Hall–Kier alpha value is -2.82. The lowest BCUT2D eigenvalue weighted by molar-refractivity contribution is -0.117. The second-order valence-corrected chi connectivity index (χ2v) is 5.45. The van der Waals surface area contributed by atoms with Gasteiger partial charge in [0, 0.05) is 24.3 Å². The number of nitrogens with zero attached hydrogens (tertiary/aromatic N) is 1. The molecule has 3 rings (SSSR count). The van der Waals surface area contributed by atoms with E-state index in [-0.39, 0.29) is 17.9 Å². The third-order valence-electron chi connectivity index (χ3n) is 3.87. The number of carbonyl (C=O) groups excluding carboxylic acids is 2. The Bertz CT molecular complexity index is 698. The molecule has 0 aliphatic carbocycles. The van der Waals surface area contributed by atoms with Gasteiger partial charge in [-0.25, -0.2) is 4.79 Å². The smallest absolute Gasteiger partial charge is 0.337 e. The lowest BCUT2D eigenvalue weighted by Crippen LogP contribution is -2.27. The quantitative estimate of drug-likeness (QED) is 0.882. The summed E-state index contributed by atoms with van der Waals surface area (Å²) in [4.78, 5) is 25.4. The number of ether oxygens (including phenoxy) is 1. The number of para-hydroxylation sites is 1. The van der Waals surface area contributed by atoms with Crippen LogP contribution in [0.5, 0.6) is 0 Å². The average Bonchev–Trinajstić information content (AvgIpc) is 2.96. The Labute approximate surface area is 134 Å². The average molecular weight is 310 g/mol. The molecule has 0 bridgehead atoms. The van der Waals surface area contributed by atoms with E-state index in [4.69, 9.17) is 0 Å². The summed E-state index contributed by atoms with van der Waals surface area (Å²) >= 11 is 0. The molecule has 0 spiro atoms. The number of hydrogen-bond acceptors (Lipinski definition) is 4. The van der Waals surface area contributed by atoms with Crippen molar-refractivity contribution < 1.29 is 14.3 Å². The van der Waals surface area contributed by atoms with Crippen LogP contribution in [0.3, 0.4) is 0 Å². The van der Waals surface area contributed by atoms with E-state index in [2.05, 4.69) is 10.1 Å². The molecule has 1 aliphatic heterocycles. The second kappa shape index (κ2) is 6.52. The Morgan fingerprint density at radius 2 is 1.83 bits per heavy atom. The summed E-state index contributed by atoms with van der Waals surface area (Å²) in [6.45, 7) is 0.627. The molecular weight excluding hydrogens is 292 g/mol. The van der Waals surface area contributed by atoms with E-state index in [1.165, 1.54) is 7.11 Å². The van der Waals surface area contributed by atoms with Gasteiger partial charge < -0.3 is 15.0 Å². The number of hydrogen-bond donors (Lipinski definition) is 1. The van der Waals surface area contributed by atoms with E-state index in [0.29, 0.717) is 18.5 Å². The standard InChI is InChI=1S/C18H18N2O3/c1-23-18(22)13-7-9-14(10-8-13)19-15-11-17(21)20(12-15)16-5-3-2-4-6-16/h2-10,15,19H,11-12H2,1H3. The predicted molar refractivity (Wildman–Crippen MR) is 88.6 cm³/mol. The summed E-state index contributed by atoms with van der Waals surface area (Å²) in [5.41, 5.74) is 2.31. The van der Waals surface area contributed by atoms with Crippen molar-refractivity contribution in [3.05, 3.63) is 60.2 Å². The molecule has 1 fully saturated rings. The molecule has 0 saturated carbocycles. The second-order valence-electron chi connectivity index (χ2n) is 5.45. The Balaban J connectivity index is 1.65. The van der Waals surface area contributed by atoms with Gasteiger partial charge in [0.05, 0.1) is 18.7 Å². The van der Waals surface area contributed by atoms with Crippen molar-refractivity contribution in [3.63, 3.8) is 0 Å². The first-order valence-electron chi connectivity index (χ1n) is 7.47.